The maximum Gasteiger partial charge on any atom is 0.230 e. The van der Waals surface area contributed by atoms with E-state index in [1.807, 2.05) is 0 Å². The highest BCUT2D eigenvalue weighted by atomic mass is 16.2. The molecular weight excluding hydrogens is 406 g/mol. The smallest absolute Gasteiger partial charge is 0.230 e. The van der Waals surface area contributed by atoms with Crippen LogP contribution >= 0.6 is 0 Å². The molecular formula is C30H55NO2. The lowest BCUT2D eigenvalue weighted by atomic mass is 9.99. The molecule has 1 heterocycles. The molecule has 3 heteroatoms. The summed E-state index contributed by atoms with van der Waals surface area (Å²) in [4.78, 5) is 25.8. The lowest BCUT2D eigenvalue weighted by Crippen LogP contribution is -2.40. The van der Waals surface area contributed by atoms with Crippen molar-refractivity contribution in [3.63, 3.8) is 0 Å². The predicted molar refractivity (Wildman–Crippen MR) is 142 cm³/mol. The van der Waals surface area contributed by atoms with Crippen molar-refractivity contribution in [1.29, 1.82) is 0 Å². The number of carbonyl (C=O) groups excluding carboxylic acids is 2. The zero-order valence-electron chi connectivity index (χ0n) is 22.5. The summed E-state index contributed by atoms with van der Waals surface area (Å²) >= 11 is 0. The van der Waals surface area contributed by atoms with Crippen molar-refractivity contribution in [2.75, 3.05) is 0 Å². The third-order valence-corrected chi connectivity index (χ3v) is 7.26. The van der Waals surface area contributed by atoms with E-state index >= 15 is 0 Å². The highest BCUT2D eigenvalue weighted by molar-refractivity contribution is 6.02. The van der Waals surface area contributed by atoms with Crippen LogP contribution in [0, 0.1) is 0 Å². The summed E-state index contributed by atoms with van der Waals surface area (Å²) in [5.74, 6) is 0.0352. The fourth-order valence-electron chi connectivity index (χ4n) is 5.11. The predicted octanol–water partition coefficient (Wildman–Crippen LogP) is 9.29. The fourth-order valence-corrected chi connectivity index (χ4v) is 5.11. The number of allylic oxidation sites excluding steroid dienone is 1. The average Bonchev–Trinajstić information content (AvgIpc) is 3.14. The number of nitrogens with zero attached hydrogens (tertiary/aromatic N) is 1. The minimum Gasteiger partial charge on any atom is -0.275 e. The molecule has 0 aromatic heterocycles. The molecule has 1 unspecified atom stereocenters. The van der Waals surface area contributed by atoms with E-state index in [-0.39, 0.29) is 17.9 Å². The van der Waals surface area contributed by atoms with Gasteiger partial charge in [0.15, 0.2) is 0 Å². The molecule has 2 amide bonds. The summed E-state index contributed by atoms with van der Waals surface area (Å²) in [6.45, 7) is 6.52. The largest absolute Gasteiger partial charge is 0.275 e. The van der Waals surface area contributed by atoms with E-state index < -0.39 is 0 Å². The minimum atomic E-state index is -0.0108. The zero-order valence-corrected chi connectivity index (χ0v) is 22.5. The summed E-state index contributed by atoms with van der Waals surface area (Å²) < 4.78 is 0. The van der Waals surface area contributed by atoms with Crippen LogP contribution in [0.1, 0.15) is 162 Å². The Kier molecular flexibility index (Phi) is 18.4. The van der Waals surface area contributed by atoms with Crippen LogP contribution in [0.4, 0.5) is 0 Å². The Hall–Kier alpha value is -1.12. The SMILES string of the molecule is CCCCCCCCCCCCCCCCCCCC=C(C)C(CCC)N1C(=O)CCC1=O. The molecule has 0 bridgehead atoms. The van der Waals surface area contributed by atoms with Crippen molar-refractivity contribution in [1.82, 2.24) is 4.90 Å². The van der Waals surface area contributed by atoms with E-state index in [0.29, 0.717) is 12.8 Å². The summed E-state index contributed by atoms with van der Waals surface area (Å²) in [6.07, 6.45) is 29.8. The average molecular weight is 462 g/mol. The molecule has 1 atom stereocenters. The molecule has 0 spiro atoms. The van der Waals surface area contributed by atoms with E-state index in [1.54, 1.807) is 4.90 Å². The maximum absolute atomic E-state index is 12.1. The van der Waals surface area contributed by atoms with E-state index in [4.69, 9.17) is 0 Å². The summed E-state index contributed by atoms with van der Waals surface area (Å²) in [5.41, 5.74) is 1.21. The van der Waals surface area contributed by atoms with E-state index in [1.165, 1.54) is 115 Å². The van der Waals surface area contributed by atoms with Gasteiger partial charge in [0.25, 0.3) is 0 Å². The number of likely N-dealkylation sites (tertiary alicyclic amines) is 1. The van der Waals surface area contributed by atoms with Gasteiger partial charge in [0, 0.05) is 12.8 Å². The molecule has 192 valence electrons. The van der Waals surface area contributed by atoms with Gasteiger partial charge in [-0.25, -0.2) is 0 Å². The van der Waals surface area contributed by atoms with Crippen LogP contribution in [-0.4, -0.2) is 22.8 Å². The Morgan fingerprint density at radius 2 is 1.06 bits per heavy atom. The van der Waals surface area contributed by atoms with Gasteiger partial charge in [-0.3, -0.25) is 14.5 Å². The van der Waals surface area contributed by atoms with Gasteiger partial charge in [0.2, 0.25) is 11.8 Å². The molecule has 1 fully saturated rings. The third kappa shape index (κ3) is 14.0. The lowest BCUT2D eigenvalue weighted by Gasteiger charge is -2.27. The molecule has 0 aliphatic carbocycles. The Morgan fingerprint density at radius 1 is 0.667 bits per heavy atom. The van der Waals surface area contributed by atoms with Crippen molar-refractivity contribution in [3.8, 4) is 0 Å². The van der Waals surface area contributed by atoms with Crippen molar-refractivity contribution >= 4 is 11.8 Å². The second-order valence-corrected chi connectivity index (χ2v) is 10.4. The summed E-state index contributed by atoms with van der Waals surface area (Å²) in [5, 5.41) is 0. The highest BCUT2D eigenvalue weighted by Crippen LogP contribution is 2.24. The summed E-state index contributed by atoms with van der Waals surface area (Å²) in [7, 11) is 0. The normalized spacial score (nSPS) is 15.6. The monoisotopic (exact) mass is 461 g/mol. The van der Waals surface area contributed by atoms with E-state index in [2.05, 4.69) is 26.8 Å². The quantitative estimate of drug-likeness (QED) is 0.0914. The Labute approximate surface area is 206 Å². The molecule has 1 aliphatic rings. The van der Waals surface area contributed by atoms with Crippen molar-refractivity contribution in [2.24, 2.45) is 0 Å². The first kappa shape index (κ1) is 29.9. The maximum atomic E-state index is 12.1. The lowest BCUT2D eigenvalue weighted by molar-refractivity contribution is -0.140. The molecule has 3 nitrogen and oxygen atoms in total. The molecule has 1 saturated heterocycles. The fraction of sp³-hybridized carbons (Fsp3) is 0.867. The van der Waals surface area contributed by atoms with Gasteiger partial charge in [-0.1, -0.05) is 135 Å². The molecule has 0 aromatic rings. The topological polar surface area (TPSA) is 37.4 Å². The van der Waals surface area contributed by atoms with Crippen LogP contribution < -0.4 is 0 Å². The molecule has 0 saturated carbocycles. The first-order chi connectivity index (χ1) is 16.1. The van der Waals surface area contributed by atoms with Crippen molar-refractivity contribution in [3.05, 3.63) is 11.6 Å². The van der Waals surface area contributed by atoms with Gasteiger partial charge in [0.1, 0.15) is 0 Å². The minimum absolute atomic E-state index is 0.0108. The number of carbonyl (C=O) groups is 2. The van der Waals surface area contributed by atoms with Crippen LogP contribution in [0.15, 0.2) is 11.6 Å². The van der Waals surface area contributed by atoms with Crippen LogP contribution in [-0.2, 0) is 9.59 Å². The third-order valence-electron chi connectivity index (χ3n) is 7.26. The number of imide groups is 1. The number of amides is 2. The van der Waals surface area contributed by atoms with Crippen LogP contribution in [0.2, 0.25) is 0 Å². The second-order valence-electron chi connectivity index (χ2n) is 10.4. The van der Waals surface area contributed by atoms with Gasteiger partial charge < -0.3 is 0 Å². The van der Waals surface area contributed by atoms with Gasteiger partial charge in [-0.05, 0) is 26.2 Å². The van der Waals surface area contributed by atoms with Crippen LogP contribution in [0.5, 0.6) is 0 Å². The number of unbranched alkanes of at least 4 members (excludes halogenated alkanes) is 17. The molecule has 33 heavy (non-hydrogen) atoms. The van der Waals surface area contributed by atoms with Gasteiger partial charge in [0.05, 0.1) is 6.04 Å². The van der Waals surface area contributed by atoms with Gasteiger partial charge >= 0.3 is 0 Å². The van der Waals surface area contributed by atoms with Gasteiger partial charge in [-0.15, -0.1) is 0 Å². The Bertz CT molecular complexity index is 523. The van der Waals surface area contributed by atoms with E-state index in [0.717, 1.165) is 19.3 Å². The molecule has 0 radical (unpaired) electrons. The first-order valence-corrected chi connectivity index (χ1v) is 14.6. The van der Waals surface area contributed by atoms with E-state index in [9.17, 15) is 9.59 Å². The highest BCUT2D eigenvalue weighted by Gasteiger charge is 2.34. The zero-order chi connectivity index (χ0) is 24.2. The number of hydrogen-bond acceptors (Lipinski definition) is 2. The molecule has 1 rings (SSSR count). The number of rotatable bonds is 22. The Balaban J connectivity index is 1.97. The van der Waals surface area contributed by atoms with Gasteiger partial charge in [-0.2, -0.15) is 0 Å². The standard InChI is InChI=1S/C30H55NO2/c1-4-6-7-8-9-10-11-12-13-14-15-16-17-18-19-20-21-22-24-27(3)28(23-5-2)31-29(32)25-26-30(31)33/h24,28H,4-23,25-26H2,1-3H3. The van der Waals surface area contributed by atoms with Crippen molar-refractivity contribution in [2.45, 2.75) is 168 Å². The van der Waals surface area contributed by atoms with Crippen LogP contribution in [0.25, 0.3) is 0 Å². The summed E-state index contributed by atoms with van der Waals surface area (Å²) in [6, 6.07) is -0.0108. The molecule has 0 aromatic carbocycles. The molecule has 0 N–H and O–H groups in total. The molecule has 1 aliphatic heterocycles. The van der Waals surface area contributed by atoms with Crippen molar-refractivity contribution < 1.29 is 9.59 Å². The second kappa shape index (κ2) is 20.3. The Morgan fingerprint density at radius 3 is 1.45 bits per heavy atom. The first-order valence-electron chi connectivity index (χ1n) is 14.6. The van der Waals surface area contributed by atoms with Crippen LogP contribution in [0.3, 0.4) is 0 Å². The number of hydrogen-bond donors (Lipinski definition) is 0.